The fourth-order valence-corrected chi connectivity index (χ4v) is 3.63. The maximum Gasteiger partial charge on any atom is 0.331 e. The minimum absolute atomic E-state index is 0.139. The van der Waals surface area contributed by atoms with Crippen LogP contribution in [-0.4, -0.2) is 29.2 Å². The first-order chi connectivity index (χ1) is 15.9. The molecule has 0 aliphatic carbocycles. The van der Waals surface area contributed by atoms with Gasteiger partial charge in [-0.3, -0.25) is 19.3 Å². The van der Waals surface area contributed by atoms with Crippen LogP contribution in [0.2, 0.25) is 0 Å². The first-order valence-electron chi connectivity index (χ1n) is 10.8. The van der Waals surface area contributed by atoms with Gasteiger partial charge in [-0.2, -0.15) is 0 Å². The van der Waals surface area contributed by atoms with Gasteiger partial charge in [0.1, 0.15) is 11.5 Å². The van der Waals surface area contributed by atoms with Crippen molar-refractivity contribution in [3.63, 3.8) is 0 Å². The molecular weight excluding hydrogens is 420 g/mol. The Bertz CT molecular complexity index is 1200. The van der Waals surface area contributed by atoms with Crippen molar-refractivity contribution in [3.8, 4) is 11.5 Å². The molecule has 3 rings (SSSR count). The molecule has 0 radical (unpaired) electrons. The largest absolute Gasteiger partial charge is 0.497 e. The van der Waals surface area contributed by atoms with Crippen molar-refractivity contribution >= 4 is 5.84 Å². The predicted molar refractivity (Wildman–Crippen MR) is 129 cm³/mol. The lowest BCUT2D eigenvalue weighted by Gasteiger charge is -2.16. The highest BCUT2D eigenvalue weighted by molar-refractivity contribution is 5.76. The number of aryl methyl sites for hydroxylation is 1. The van der Waals surface area contributed by atoms with Gasteiger partial charge < -0.3 is 15.2 Å². The van der Waals surface area contributed by atoms with E-state index in [1.165, 1.54) is 4.57 Å². The van der Waals surface area contributed by atoms with E-state index < -0.39 is 0 Å². The van der Waals surface area contributed by atoms with E-state index in [2.05, 4.69) is 0 Å². The molecule has 0 fully saturated rings. The van der Waals surface area contributed by atoms with Crippen LogP contribution in [0.15, 0.2) is 64.2 Å². The Kier molecular flexibility index (Phi) is 8.07. The minimum atomic E-state index is -0.351. The van der Waals surface area contributed by atoms with Crippen molar-refractivity contribution in [2.45, 2.75) is 38.8 Å². The van der Waals surface area contributed by atoms with Crippen LogP contribution in [0, 0.1) is 5.41 Å². The zero-order chi connectivity index (χ0) is 23.8. The Morgan fingerprint density at radius 2 is 1.36 bits per heavy atom. The summed E-state index contributed by atoms with van der Waals surface area (Å²) in [6.07, 6.45) is 2.50. The Balaban J connectivity index is 1.94. The highest BCUT2D eigenvalue weighted by atomic mass is 16.5. The molecule has 0 amide bonds. The molecule has 0 saturated heterocycles. The number of unbranched alkanes of at least 4 members (excludes halogenated alkanes) is 1. The summed E-state index contributed by atoms with van der Waals surface area (Å²) in [5, 5.41) is 7.38. The zero-order valence-corrected chi connectivity index (χ0v) is 19.0. The summed E-state index contributed by atoms with van der Waals surface area (Å²) in [6.45, 7) is 0.517. The summed E-state index contributed by atoms with van der Waals surface area (Å²) in [5.74, 6) is 1.59. The number of nitrogens with two attached hydrogens (primary N) is 1. The van der Waals surface area contributed by atoms with Crippen LogP contribution in [0.3, 0.4) is 0 Å². The molecule has 0 unspecified atom stereocenters. The maximum atomic E-state index is 13.4. The molecule has 3 aromatic rings. The topological polar surface area (TPSA) is 112 Å². The van der Waals surface area contributed by atoms with Gasteiger partial charge in [-0.15, -0.1) is 0 Å². The Labute approximate surface area is 192 Å². The molecule has 8 nitrogen and oxygen atoms in total. The number of benzene rings is 2. The smallest absolute Gasteiger partial charge is 0.331 e. The molecule has 8 heteroatoms. The predicted octanol–water partition coefficient (Wildman–Crippen LogP) is 2.77. The van der Waals surface area contributed by atoms with Crippen molar-refractivity contribution < 1.29 is 9.47 Å². The van der Waals surface area contributed by atoms with Gasteiger partial charge in [-0.05, 0) is 54.7 Å². The number of amidine groups is 1. The second kappa shape index (κ2) is 11.2. The van der Waals surface area contributed by atoms with Crippen LogP contribution in [0.5, 0.6) is 11.5 Å². The van der Waals surface area contributed by atoms with Crippen molar-refractivity contribution in [1.29, 1.82) is 5.41 Å². The van der Waals surface area contributed by atoms with E-state index in [9.17, 15) is 9.59 Å². The quantitative estimate of drug-likeness (QED) is 0.265. The van der Waals surface area contributed by atoms with E-state index >= 15 is 0 Å². The summed E-state index contributed by atoms with van der Waals surface area (Å²) < 4.78 is 13.3. The molecule has 0 aliphatic heterocycles. The molecule has 1 heterocycles. The number of nitrogens with one attached hydrogen (secondary N) is 1. The third kappa shape index (κ3) is 6.35. The fourth-order valence-electron chi connectivity index (χ4n) is 3.63. The Morgan fingerprint density at radius 3 is 1.85 bits per heavy atom. The van der Waals surface area contributed by atoms with Gasteiger partial charge in [0, 0.05) is 18.2 Å². The van der Waals surface area contributed by atoms with Crippen LogP contribution in [-0.2, 0) is 19.5 Å². The molecular formula is C25H30N4O4. The average molecular weight is 451 g/mol. The lowest BCUT2D eigenvalue weighted by Crippen LogP contribution is -2.41. The molecule has 174 valence electrons. The SMILES string of the molecule is COc1ccc(Cn2c(CCCCC(=N)N)cc(=O)n(Cc3ccc(OC)cc3)c2=O)cc1. The summed E-state index contributed by atoms with van der Waals surface area (Å²) >= 11 is 0. The van der Waals surface area contributed by atoms with Crippen LogP contribution in [0.25, 0.3) is 0 Å². The first kappa shape index (κ1) is 23.8. The van der Waals surface area contributed by atoms with E-state index in [1.807, 2.05) is 36.4 Å². The monoisotopic (exact) mass is 450 g/mol. The van der Waals surface area contributed by atoms with E-state index in [1.54, 1.807) is 37.0 Å². The second-order valence-corrected chi connectivity index (χ2v) is 7.86. The van der Waals surface area contributed by atoms with Gasteiger partial charge in [0.05, 0.1) is 33.1 Å². The van der Waals surface area contributed by atoms with Crippen LogP contribution < -0.4 is 26.5 Å². The summed E-state index contributed by atoms with van der Waals surface area (Å²) in [7, 11) is 3.19. The zero-order valence-electron chi connectivity index (χ0n) is 19.0. The lowest BCUT2D eigenvalue weighted by atomic mass is 10.1. The van der Waals surface area contributed by atoms with Crippen molar-refractivity contribution in [3.05, 3.63) is 92.3 Å². The molecule has 1 aromatic heterocycles. The molecule has 0 aliphatic rings. The molecule has 0 bridgehead atoms. The molecule has 33 heavy (non-hydrogen) atoms. The lowest BCUT2D eigenvalue weighted by molar-refractivity contribution is 0.414. The van der Waals surface area contributed by atoms with Gasteiger partial charge in [-0.25, -0.2) is 4.79 Å². The van der Waals surface area contributed by atoms with Crippen molar-refractivity contribution in [2.24, 2.45) is 5.73 Å². The van der Waals surface area contributed by atoms with Crippen LogP contribution in [0.4, 0.5) is 0 Å². The number of hydrogen-bond donors (Lipinski definition) is 2. The highest BCUT2D eigenvalue weighted by Crippen LogP contribution is 2.14. The third-order valence-electron chi connectivity index (χ3n) is 5.49. The molecule has 0 atom stereocenters. The number of ether oxygens (including phenoxy) is 2. The summed E-state index contributed by atoms with van der Waals surface area (Å²) in [4.78, 5) is 26.3. The molecule has 0 saturated carbocycles. The second-order valence-electron chi connectivity index (χ2n) is 7.86. The number of nitrogens with zero attached hydrogens (tertiary/aromatic N) is 2. The number of rotatable bonds is 11. The summed E-state index contributed by atoms with van der Waals surface area (Å²) in [5.41, 5.74) is 7.20. The van der Waals surface area contributed by atoms with Gasteiger partial charge in [0.2, 0.25) is 0 Å². The van der Waals surface area contributed by atoms with E-state index in [0.717, 1.165) is 29.7 Å². The molecule has 3 N–H and O–H groups in total. The maximum absolute atomic E-state index is 13.4. The number of aromatic nitrogens is 2. The molecule has 2 aromatic carbocycles. The number of methoxy groups -OCH3 is 2. The minimum Gasteiger partial charge on any atom is -0.497 e. The van der Waals surface area contributed by atoms with Gasteiger partial charge in [0.15, 0.2) is 0 Å². The van der Waals surface area contributed by atoms with Gasteiger partial charge in [0.25, 0.3) is 5.56 Å². The van der Waals surface area contributed by atoms with Gasteiger partial charge >= 0.3 is 5.69 Å². The first-order valence-corrected chi connectivity index (χ1v) is 10.8. The van der Waals surface area contributed by atoms with E-state index in [0.29, 0.717) is 30.8 Å². The standard InChI is InChI=1S/C25H30N4O4/c1-32-21-11-7-18(8-12-21)16-28-20(5-3-4-6-23(26)27)15-24(30)29(25(28)31)17-19-9-13-22(33-2)14-10-19/h7-15H,3-6,16-17H2,1-2H3,(H3,26,27). The van der Waals surface area contributed by atoms with Crippen LogP contribution in [0.1, 0.15) is 36.1 Å². The van der Waals surface area contributed by atoms with E-state index in [-0.39, 0.29) is 23.6 Å². The van der Waals surface area contributed by atoms with Crippen LogP contribution >= 0.6 is 0 Å². The normalized spacial score (nSPS) is 10.7. The average Bonchev–Trinajstić information content (AvgIpc) is 2.82. The van der Waals surface area contributed by atoms with Crippen molar-refractivity contribution in [1.82, 2.24) is 9.13 Å². The van der Waals surface area contributed by atoms with Gasteiger partial charge in [-0.1, -0.05) is 24.3 Å². The Hall–Kier alpha value is -3.81. The third-order valence-corrected chi connectivity index (χ3v) is 5.49. The fraction of sp³-hybridized carbons (Fsp3) is 0.320. The highest BCUT2D eigenvalue weighted by Gasteiger charge is 2.13. The van der Waals surface area contributed by atoms with Crippen molar-refractivity contribution in [2.75, 3.05) is 14.2 Å². The Morgan fingerprint density at radius 1 is 0.848 bits per heavy atom. The molecule has 0 spiro atoms. The summed E-state index contributed by atoms with van der Waals surface area (Å²) in [6, 6.07) is 16.3. The van der Waals surface area contributed by atoms with E-state index in [4.69, 9.17) is 20.6 Å². The number of hydrogen-bond acceptors (Lipinski definition) is 5.